The Bertz CT molecular complexity index is 287. The van der Waals surface area contributed by atoms with E-state index in [0.717, 1.165) is 0 Å². The highest BCUT2D eigenvalue weighted by Gasteiger charge is 2.17. The van der Waals surface area contributed by atoms with Gasteiger partial charge >= 0.3 is 0 Å². The molecule has 0 spiro atoms. The minimum Gasteiger partial charge on any atom is -0.310 e. The molecule has 1 heteroatoms. The summed E-state index contributed by atoms with van der Waals surface area (Å²) in [6, 6.07) is 7.38. The average molecular weight is 161 g/mol. The fourth-order valence-corrected chi connectivity index (χ4v) is 1.55. The second-order valence-electron chi connectivity index (χ2n) is 3.64. The molecule has 1 aromatic rings. The van der Waals surface area contributed by atoms with Crippen molar-refractivity contribution < 1.29 is 0 Å². The number of rotatable bonds is 1. The van der Waals surface area contributed by atoms with E-state index in [0.29, 0.717) is 6.04 Å². The van der Waals surface area contributed by atoms with E-state index in [1.807, 2.05) is 0 Å². The molecule has 1 heterocycles. The van der Waals surface area contributed by atoms with Crippen LogP contribution in [-0.4, -0.2) is 6.54 Å². The van der Waals surface area contributed by atoms with E-state index in [4.69, 9.17) is 0 Å². The lowest BCUT2D eigenvalue weighted by Crippen LogP contribution is -2.34. The third-order valence-corrected chi connectivity index (χ3v) is 2.76. The van der Waals surface area contributed by atoms with Crippen molar-refractivity contribution in [2.24, 2.45) is 0 Å². The maximum Gasteiger partial charge on any atom is 0.0332 e. The molecule has 0 amide bonds. The Balaban J connectivity index is 2.27. The van der Waals surface area contributed by atoms with Gasteiger partial charge in [0.1, 0.15) is 0 Å². The maximum atomic E-state index is 3.41. The van der Waals surface area contributed by atoms with Crippen LogP contribution in [0.1, 0.15) is 29.2 Å². The standard InChI is InChI=1S/C11H15N/c1-8-3-4-10(7-9(8)2)11-5-6-12-11/h3-4,7,11-12H,5-6H2,1-2H3/t11-/m0/s1. The van der Waals surface area contributed by atoms with Gasteiger partial charge in [0.15, 0.2) is 0 Å². The molecule has 1 saturated heterocycles. The Hall–Kier alpha value is -0.820. The first-order valence-electron chi connectivity index (χ1n) is 4.58. The lowest BCUT2D eigenvalue weighted by atomic mass is 9.95. The van der Waals surface area contributed by atoms with Crippen LogP contribution in [0.5, 0.6) is 0 Å². The van der Waals surface area contributed by atoms with Gasteiger partial charge in [0, 0.05) is 6.04 Å². The first-order valence-corrected chi connectivity index (χ1v) is 4.58. The van der Waals surface area contributed by atoms with E-state index in [1.165, 1.54) is 29.7 Å². The van der Waals surface area contributed by atoms with Crippen molar-refractivity contribution in [1.29, 1.82) is 0 Å². The highest BCUT2D eigenvalue weighted by atomic mass is 15.0. The maximum absolute atomic E-state index is 3.41. The molecule has 12 heavy (non-hydrogen) atoms. The van der Waals surface area contributed by atoms with Crippen LogP contribution in [0, 0.1) is 13.8 Å². The fourth-order valence-electron chi connectivity index (χ4n) is 1.55. The van der Waals surface area contributed by atoms with Crippen molar-refractivity contribution in [2.45, 2.75) is 26.3 Å². The first kappa shape index (κ1) is 7.81. The summed E-state index contributed by atoms with van der Waals surface area (Å²) in [5.74, 6) is 0. The van der Waals surface area contributed by atoms with Crippen molar-refractivity contribution in [3.63, 3.8) is 0 Å². The van der Waals surface area contributed by atoms with E-state index in [2.05, 4.69) is 37.4 Å². The molecule has 1 atom stereocenters. The molecule has 0 aromatic heterocycles. The Morgan fingerprint density at radius 1 is 1.25 bits per heavy atom. The largest absolute Gasteiger partial charge is 0.310 e. The summed E-state index contributed by atoms with van der Waals surface area (Å²) < 4.78 is 0. The van der Waals surface area contributed by atoms with Crippen LogP contribution >= 0.6 is 0 Å². The zero-order valence-electron chi connectivity index (χ0n) is 7.72. The van der Waals surface area contributed by atoms with Gasteiger partial charge in [0.2, 0.25) is 0 Å². The Morgan fingerprint density at radius 2 is 2.00 bits per heavy atom. The molecule has 64 valence electrons. The monoisotopic (exact) mass is 161 g/mol. The Labute approximate surface area is 73.8 Å². The summed E-state index contributed by atoms with van der Waals surface area (Å²) in [4.78, 5) is 0. The summed E-state index contributed by atoms with van der Waals surface area (Å²) in [6.45, 7) is 5.52. The predicted octanol–water partition coefficient (Wildman–Crippen LogP) is 2.34. The minimum atomic E-state index is 0.629. The molecule has 0 radical (unpaired) electrons. The van der Waals surface area contributed by atoms with Gasteiger partial charge in [-0.05, 0) is 43.5 Å². The Kier molecular flexibility index (Phi) is 1.89. The highest BCUT2D eigenvalue weighted by molar-refractivity contribution is 5.32. The summed E-state index contributed by atoms with van der Waals surface area (Å²) in [6.07, 6.45) is 1.29. The molecular weight excluding hydrogens is 146 g/mol. The van der Waals surface area contributed by atoms with E-state index in [1.54, 1.807) is 0 Å². The van der Waals surface area contributed by atoms with Crippen LogP contribution in [0.3, 0.4) is 0 Å². The molecule has 1 aliphatic heterocycles. The lowest BCUT2D eigenvalue weighted by Gasteiger charge is -2.28. The van der Waals surface area contributed by atoms with Crippen molar-refractivity contribution in [2.75, 3.05) is 6.54 Å². The van der Waals surface area contributed by atoms with E-state index in [-0.39, 0.29) is 0 Å². The van der Waals surface area contributed by atoms with E-state index in [9.17, 15) is 0 Å². The molecule has 1 aromatic carbocycles. The quantitative estimate of drug-likeness (QED) is 0.666. The van der Waals surface area contributed by atoms with Crippen molar-refractivity contribution in [1.82, 2.24) is 5.32 Å². The third kappa shape index (κ3) is 1.25. The number of hydrogen-bond acceptors (Lipinski definition) is 1. The molecule has 1 nitrogen and oxygen atoms in total. The molecule has 1 aliphatic rings. The van der Waals surface area contributed by atoms with Gasteiger partial charge in [-0.2, -0.15) is 0 Å². The normalized spacial score (nSPS) is 22.0. The number of aryl methyl sites for hydroxylation is 2. The van der Waals surface area contributed by atoms with E-state index >= 15 is 0 Å². The smallest absolute Gasteiger partial charge is 0.0332 e. The van der Waals surface area contributed by atoms with Gasteiger partial charge in [-0.3, -0.25) is 0 Å². The Morgan fingerprint density at radius 3 is 2.50 bits per heavy atom. The molecule has 1 fully saturated rings. The summed E-state index contributed by atoms with van der Waals surface area (Å²) in [5.41, 5.74) is 4.24. The SMILES string of the molecule is Cc1ccc([C@@H]2CCN2)cc1C. The molecule has 0 unspecified atom stereocenters. The van der Waals surface area contributed by atoms with Crippen LogP contribution in [0.25, 0.3) is 0 Å². The van der Waals surface area contributed by atoms with Gasteiger partial charge in [0.05, 0.1) is 0 Å². The zero-order chi connectivity index (χ0) is 8.55. The molecular formula is C11H15N. The van der Waals surface area contributed by atoms with Gasteiger partial charge in [-0.1, -0.05) is 18.2 Å². The van der Waals surface area contributed by atoms with Crippen molar-refractivity contribution in [3.05, 3.63) is 34.9 Å². The second-order valence-corrected chi connectivity index (χ2v) is 3.64. The van der Waals surface area contributed by atoms with Gasteiger partial charge in [-0.25, -0.2) is 0 Å². The molecule has 0 aliphatic carbocycles. The van der Waals surface area contributed by atoms with Crippen LogP contribution in [0.15, 0.2) is 18.2 Å². The summed E-state index contributed by atoms with van der Waals surface area (Å²) in [7, 11) is 0. The molecule has 1 N–H and O–H groups in total. The molecule has 0 bridgehead atoms. The van der Waals surface area contributed by atoms with Crippen LogP contribution in [0.4, 0.5) is 0 Å². The number of benzene rings is 1. The summed E-state index contributed by atoms with van der Waals surface area (Å²) in [5, 5.41) is 3.41. The minimum absolute atomic E-state index is 0.629. The van der Waals surface area contributed by atoms with Gasteiger partial charge < -0.3 is 5.32 Å². The van der Waals surface area contributed by atoms with E-state index < -0.39 is 0 Å². The lowest BCUT2D eigenvalue weighted by molar-refractivity contribution is 0.383. The predicted molar refractivity (Wildman–Crippen MR) is 51.3 cm³/mol. The second kappa shape index (κ2) is 2.91. The van der Waals surface area contributed by atoms with Gasteiger partial charge in [-0.15, -0.1) is 0 Å². The molecule has 2 rings (SSSR count). The average Bonchev–Trinajstić information content (AvgIpc) is 1.93. The third-order valence-electron chi connectivity index (χ3n) is 2.76. The molecule has 0 saturated carbocycles. The number of hydrogen-bond donors (Lipinski definition) is 1. The van der Waals surface area contributed by atoms with Crippen molar-refractivity contribution in [3.8, 4) is 0 Å². The zero-order valence-corrected chi connectivity index (χ0v) is 7.72. The van der Waals surface area contributed by atoms with Gasteiger partial charge in [0.25, 0.3) is 0 Å². The first-order chi connectivity index (χ1) is 5.77. The van der Waals surface area contributed by atoms with Crippen LogP contribution < -0.4 is 5.32 Å². The van der Waals surface area contributed by atoms with Crippen molar-refractivity contribution >= 4 is 0 Å². The summed E-state index contributed by atoms with van der Waals surface area (Å²) >= 11 is 0. The van der Waals surface area contributed by atoms with Crippen LogP contribution in [-0.2, 0) is 0 Å². The highest BCUT2D eigenvalue weighted by Crippen LogP contribution is 2.24. The fraction of sp³-hybridized carbons (Fsp3) is 0.455. The van der Waals surface area contributed by atoms with Crippen LogP contribution in [0.2, 0.25) is 0 Å². The topological polar surface area (TPSA) is 12.0 Å². The number of nitrogens with one attached hydrogen (secondary N) is 1.